The summed E-state index contributed by atoms with van der Waals surface area (Å²) < 4.78 is 0. The first-order valence-corrected chi connectivity index (χ1v) is 5.07. The molecular formula is C12H14N2. The summed E-state index contributed by atoms with van der Waals surface area (Å²) in [7, 11) is 0. The van der Waals surface area contributed by atoms with Crippen LogP contribution in [0.5, 0.6) is 0 Å². The third kappa shape index (κ3) is 1.64. The molecule has 0 amide bonds. The highest BCUT2D eigenvalue weighted by Crippen LogP contribution is 2.23. The van der Waals surface area contributed by atoms with Gasteiger partial charge in [-0.1, -0.05) is 13.0 Å². The molecule has 0 saturated heterocycles. The van der Waals surface area contributed by atoms with Crippen LogP contribution in [0.4, 0.5) is 0 Å². The van der Waals surface area contributed by atoms with E-state index in [9.17, 15) is 0 Å². The monoisotopic (exact) mass is 186 g/mol. The Labute approximate surface area is 84.8 Å². The zero-order valence-electron chi connectivity index (χ0n) is 8.45. The second kappa shape index (κ2) is 3.81. The van der Waals surface area contributed by atoms with Crippen molar-refractivity contribution in [3.8, 4) is 6.07 Å². The molecule has 0 spiro atoms. The van der Waals surface area contributed by atoms with Crippen LogP contribution in [0.3, 0.4) is 0 Å². The molecule has 1 heterocycles. The van der Waals surface area contributed by atoms with Crippen LogP contribution in [0.25, 0.3) is 0 Å². The largest absolute Gasteiger partial charge is 0.295 e. The summed E-state index contributed by atoms with van der Waals surface area (Å²) in [6.07, 6.45) is 1.19. The van der Waals surface area contributed by atoms with Crippen molar-refractivity contribution < 1.29 is 0 Å². The molecule has 14 heavy (non-hydrogen) atoms. The molecule has 1 aliphatic rings. The molecule has 0 atom stereocenters. The molecule has 0 N–H and O–H groups in total. The summed E-state index contributed by atoms with van der Waals surface area (Å²) in [5.74, 6) is 0. The fraction of sp³-hybridized carbons (Fsp3) is 0.417. The lowest BCUT2D eigenvalue weighted by molar-refractivity contribution is 0.285. The molecule has 0 aliphatic carbocycles. The van der Waals surface area contributed by atoms with E-state index in [-0.39, 0.29) is 0 Å². The Balaban J connectivity index is 2.19. The van der Waals surface area contributed by atoms with Gasteiger partial charge in [-0.15, -0.1) is 0 Å². The van der Waals surface area contributed by atoms with Gasteiger partial charge >= 0.3 is 0 Å². The molecule has 1 aromatic rings. The van der Waals surface area contributed by atoms with Crippen LogP contribution in [-0.4, -0.2) is 11.4 Å². The summed E-state index contributed by atoms with van der Waals surface area (Å²) in [5, 5.41) is 8.77. The van der Waals surface area contributed by atoms with E-state index in [1.54, 1.807) is 0 Å². The minimum Gasteiger partial charge on any atom is -0.295 e. The molecule has 72 valence electrons. The summed E-state index contributed by atoms with van der Waals surface area (Å²) in [4.78, 5) is 2.42. The number of hydrogen-bond acceptors (Lipinski definition) is 2. The van der Waals surface area contributed by atoms with Crippen LogP contribution < -0.4 is 0 Å². The molecule has 1 aromatic carbocycles. The van der Waals surface area contributed by atoms with Gasteiger partial charge < -0.3 is 0 Å². The molecule has 0 aromatic heterocycles. The van der Waals surface area contributed by atoms with E-state index in [0.717, 1.165) is 25.2 Å². The molecule has 2 heteroatoms. The first-order chi connectivity index (χ1) is 6.83. The molecule has 0 radical (unpaired) electrons. The Morgan fingerprint density at radius 3 is 2.86 bits per heavy atom. The Morgan fingerprint density at radius 2 is 2.14 bits per heavy atom. The van der Waals surface area contributed by atoms with Crippen molar-refractivity contribution in [2.45, 2.75) is 26.4 Å². The average Bonchev–Trinajstić information content (AvgIpc) is 2.59. The third-order valence-corrected chi connectivity index (χ3v) is 2.66. The molecule has 1 aliphatic heterocycles. The summed E-state index contributed by atoms with van der Waals surface area (Å²) in [6, 6.07) is 8.20. The van der Waals surface area contributed by atoms with Crippen molar-refractivity contribution in [3.05, 3.63) is 34.9 Å². The van der Waals surface area contributed by atoms with Gasteiger partial charge in [-0.25, -0.2) is 0 Å². The van der Waals surface area contributed by atoms with E-state index in [0.29, 0.717) is 0 Å². The van der Waals surface area contributed by atoms with Crippen LogP contribution in [0.2, 0.25) is 0 Å². The van der Waals surface area contributed by atoms with E-state index in [2.05, 4.69) is 24.0 Å². The minimum atomic E-state index is 0.780. The first-order valence-electron chi connectivity index (χ1n) is 5.07. The molecule has 2 nitrogen and oxygen atoms in total. The number of hydrogen-bond donors (Lipinski definition) is 0. The van der Waals surface area contributed by atoms with Crippen LogP contribution >= 0.6 is 0 Å². The maximum Gasteiger partial charge on any atom is 0.0991 e. The van der Waals surface area contributed by atoms with Crippen molar-refractivity contribution in [2.75, 3.05) is 6.54 Å². The SMILES string of the molecule is CCCN1Cc2ccc(C#N)cc2C1. The van der Waals surface area contributed by atoms with Crippen molar-refractivity contribution in [1.82, 2.24) is 4.90 Å². The third-order valence-electron chi connectivity index (χ3n) is 2.66. The molecule has 2 rings (SSSR count). The second-order valence-electron chi connectivity index (χ2n) is 3.81. The van der Waals surface area contributed by atoms with Crippen LogP contribution in [-0.2, 0) is 13.1 Å². The predicted octanol–water partition coefficient (Wildman–Crippen LogP) is 2.28. The Kier molecular flexibility index (Phi) is 2.51. The second-order valence-corrected chi connectivity index (χ2v) is 3.81. The quantitative estimate of drug-likeness (QED) is 0.708. The van der Waals surface area contributed by atoms with Crippen LogP contribution in [0, 0.1) is 11.3 Å². The van der Waals surface area contributed by atoms with Gasteiger partial charge in [0.2, 0.25) is 0 Å². The number of nitrogens with zero attached hydrogens (tertiary/aromatic N) is 2. The van der Waals surface area contributed by atoms with Crippen molar-refractivity contribution in [3.63, 3.8) is 0 Å². The van der Waals surface area contributed by atoms with E-state index < -0.39 is 0 Å². The van der Waals surface area contributed by atoms with E-state index >= 15 is 0 Å². The summed E-state index contributed by atoms with van der Waals surface area (Å²) in [5.41, 5.74) is 3.50. The van der Waals surface area contributed by atoms with E-state index in [1.807, 2.05) is 12.1 Å². The zero-order chi connectivity index (χ0) is 9.97. The Morgan fingerprint density at radius 1 is 1.36 bits per heavy atom. The molecule has 0 fully saturated rings. The van der Waals surface area contributed by atoms with Crippen molar-refractivity contribution >= 4 is 0 Å². The topological polar surface area (TPSA) is 27.0 Å². The first kappa shape index (κ1) is 9.23. The predicted molar refractivity (Wildman–Crippen MR) is 55.6 cm³/mol. The highest BCUT2D eigenvalue weighted by molar-refractivity contribution is 5.39. The smallest absolute Gasteiger partial charge is 0.0991 e. The number of rotatable bonds is 2. The highest BCUT2D eigenvalue weighted by atomic mass is 15.1. The van der Waals surface area contributed by atoms with Crippen LogP contribution in [0.15, 0.2) is 18.2 Å². The lowest BCUT2D eigenvalue weighted by atomic mass is 10.1. The molecule has 0 saturated carbocycles. The summed E-state index contributed by atoms with van der Waals surface area (Å²) in [6.45, 7) is 5.41. The number of benzene rings is 1. The van der Waals surface area contributed by atoms with Gasteiger partial charge in [-0.05, 0) is 36.2 Å². The molecule has 0 unspecified atom stereocenters. The fourth-order valence-corrected chi connectivity index (χ4v) is 2.01. The number of fused-ring (bicyclic) bond motifs is 1. The van der Waals surface area contributed by atoms with Crippen molar-refractivity contribution in [2.24, 2.45) is 0 Å². The normalized spacial score (nSPS) is 15.1. The fourth-order valence-electron chi connectivity index (χ4n) is 2.01. The Bertz CT molecular complexity index is 376. The van der Waals surface area contributed by atoms with Gasteiger partial charge in [0.25, 0.3) is 0 Å². The van der Waals surface area contributed by atoms with Crippen LogP contribution in [0.1, 0.15) is 30.0 Å². The lowest BCUT2D eigenvalue weighted by Crippen LogP contribution is -2.16. The molecular weight excluding hydrogens is 172 g/mol. The minimum absolute atomic E-state index is 0.780. The highest BCUT2D eigenvalue weighted by Gasteiger charge is 2.17. The Hall–Kier alpha value is -1.33. The lowest BCUT2D eigenvalue weighted by Gasteiger charge is -2.11. The standard InChI is InChI=1S/C12H14N2/c1-2-5-14-8-11-4-3-10(7-13)6-12(11)9-14/h3-4,6H,2,5,8-9H2,1H3. The maximum absolute atomic E-state index is 8.77. The average molecular weight is 186 g/mol. The van der Waals surface area contributed by atoms with Gasteiger partial charge in [0.1, 0.15) is 0 Å². The van der Waals surface area contributed by atoms with Gasteiger partial charge in [-0.2, -0.15) is 5.26 Å². The van der Waals surface area contributed by atoms with Gasteiger partial charge in [0, 0.05) is 13.1 Å². The van der Waals surface area contributed by atoms with Gasteiger partial charge in [0.05, 0.1) is 11.6 Å². The van der Waals surface area contributed by atoms with Gasteiger partial charge in [-0.3, -0.25) is 4.90 Å². The summed E-state index contributed by atoms with van der Waals surface area (Å²) >= 11 is 0. The van der Waals surface area contributed by atoms with Gasteiger partial charge in [0.15, 0.2) is 0 Å². The maximum atomic E-state index is 8.77. The van der Waals surface area contributed by atoms with E-state index in [4.69, 9.17) is 5.26 Å². The number of nitriles is 1. The van der Waals surface area contributed by atoms with Crippen molar-refractivity contribution in [1.29, 1.82) is 5.26 Å². The zero-order valence-corrected chi connectivity index (χ0v) is 8.45. The molecule has 0 bridgehead atoms. The van der Waals surface area contributed by atoms with E-state index in [1.165, 1.54) is 17.5 Å².